The Labute approximate surface area is 197 Å². The molecule has 14 heteroatoms. The molecule has 10 nitrogen and oxygen atoms in total. The number of hydrazine groups is 1. The number of nitrogens with zero attached hydrogens (tertiary/aromatic N) is 1. The normalized spacial score (nSPS) is 24.8. The summed E-state index contributed by atoms with van der Waals surface area (Å²) in [4.78, 5) is 34.7. The molecule has 0 radical (unpaired) electrons. The van der Waals surface area contributed by atoms with E-state index in [0.29, 0.717) is 12.1 Å². The van der Waals surface area contributed by atoms with E-state index >= 15 is 0 Å². The predicted molar refractivity (Wildman–Crippen MR) is 111 cm³/mol. The van der Waals surface area contributed by atoms with E-state index < -0.39 is 71.9 Å². The molecule has 5 unspecified atom stereocenters. The van der Waals surface area contributed by atoms with E-state index in [2.05, 4.69) is 0 Å². The number of nitrogens with two attached hydrogens (primary N) is 2. The monoisotopic (exact) mass is 509 g/mol. The number of ether oxygens (including phenoxy) is 4. The number of hydrogen-bond donors (Lipinski definition) is 2. The van der Waals surface area contributed by atoms with Crippen molar-refractivity contribution in [2.75, 3.05) is 6.61 Å². The second-order valence-electron chi connectivity index (χ2n) is 7.25. The van der Waals surface area contributed by atoms with Gasteiger partial charge in [-0.1, -0.05) is 11.6 Å². The van der Waals surface area contributed by atoms with Crippen molar-refractivity contribution in [1.29, 1.82) is 0 Å². The Kier molecular flexibility index (Phi) is 9.13. The zero-order valence-corrected chi connectivity index (χ0v) is 19.1. The van der Waals surface area contributed by atoms with Crippen LogP contribution in [0.1, 0.15) is 26.3 Å². The first-order chi connectivity index (χ1) is 15.8. The van der Waals surface area contributed by atoms with E-state index in [4.69, 9.17) is 42.1 Å². The lowest BCUT2D eigenvalue weighted by Gasteiger charge is -2.46. The zero-order chi connectivity index (χ0) is 25.7. The number of hydrogen-bond acceptors (Lipinski definition) is 10. The summed E-state index contributed by atoms with van der Waals surface area (Å²) in [5.74, 6) is -0.771. The molecule has 2 rings (SSSR count). The molecule has 0 aromatic heterocycles. The number of esters is 3. The lowest BCUT2D eigenvalue weighted by molar-refractivity contribution is -0.216. The molecule has 0 spiro atoms. The Morgan fingerprint density at radius 2 is 1.59 bits per heavy atom. The fourth-order valence-corrected chi connectivity index (χ4v) is 3.58. The third-order valence-electron chi connectivity index (χ3n) is 4.61. The van der Waals surface area contributed by atoms with E-state index in [1.165, 1.54) is 0 Å². The second-order valence-corrected chi connectivity index (χ2v) is 7.68. The predicted octanol–water partition coefficient (Wildman–Crippen LogP) is 1.30. The van der Waals surface area contributed by atoms with Gasteiger partial charge in [-0.2, -0.15) is 0 Å². The molecule has 0 aliphatic carbocycles. The fourth-order valence-electron chi connectivity index (χ4n) is 3.25. The maximum absolute atomic E-state index is 13.6. The van der Waals surface area contributed by atoms with Crippen LogP contribution in [0.3, 0.4) is 0 Å². The van der Waals surface area contributed by atoms with Gasteiger partial charge < -0.3 is 29.7 Å². The third-order valence-corrected chi connectivity index (χ3v) is 4.96. The molecule has 0 bridgehead atoms. The highest BCUT2D eigenvalue weighted by Crippen LogP contribution is 2.31. The summed E-state index contributed by atoms with van der Waals surface area (Å²) in [7, 11) is 0. The van der Waals surface area contributed by atoms with Crippen molar-refractivity contribution in [2.24, 2.45) is 11.6 Å². The minimum atomic E-state index is -1.69. The number of benzene rings is 1. The molecule has 1 aromatic rings. The van der Waals surface area contributed by atoms with Crippen LogP contribution in [-0.2, 0) is 33.3 Å². The van der Waals surface area contributed by atoms with Crippen molar-refractivity contribution in [1.82, 2.24) is 5.01 Å². The van der Waals surface area contributed by atoms with Crippen LogP contribution in [0.2, 0.25) is 0 Å². The van der Waals surface area contributed by atoms with E-state index in [1.807, 2.05) is 0 Å². The van der Waals surface area contributed by atoms with Crippen LogP contribution >= 0.6 is 11.6 Å². The van der Waals surface area contributed by atoms with Gasteiger partial charge in [0, 0.05) is 32.5 Å². The first kappa shape index (κ1) is 27.2. The van der Waals surface area contributed by atoms with Gasteiger partial charge in [0.1, 0.15) is 18.8 Å². The van der Waals surface area contributed by atoms with E-state index in [1.54, 1.807) is 0 Å². The second kappa shape index (κ2) is 11.4. The molecule has 1 aromatic carbocycles. The fraction of sp³-hybridized carbons (Fsp3) is 0.450. The number of alkyl halides is 1. The van der Waals surface area contributed by atoms with Crippen molar-refractivity contribution in [3.63, 3.8) is 0 Å². The lowest BCUT2D eigenvalue weighted by Crippen LogP contribution is -2.66. The highest BCUT2D eigenvalue weighted by Gasteiger charge is 2.51. The van der Waals surface area contributed by atoms with E-state index in [0.717, 1.165) is 32.0 Å². The Morgan fingerprint density at radius 1 is 1.06 bits per heavy atom. The number of carbonyl (C=O) groups is 3. The highest BCUT2D eigenvalue weighted by molar-refractivity contribution is 6.20. The van der Waals surface area contributed by atoms with Crippen molar-refractivity contribution < 1.29 is 46.5 Å². The first-order valence-electron chi connectivity index (χ1n) is 9.74. The van der Waals surface area contributed by atoms with Crippen LogP contribution in [0.5, 0.6) is 0 Å². The lowest BCUT2D eigenvalue weighted by atomic mass is 9.96. The average molecular weight is 510 g/mol. The number of halogens is 4. The summed E-state index contributed by atoms with van der Waals surface area (Å²) >= 11 is 6.23. The summed E-state index contributed by atoms with van der Waals surface area (Å²) in [5.41, 5.74) is 3.96. The summed E-state index contributed by atoms with van der Waals surface area (Å²) in [5, 5.41) is 0.842. The van der Waals surface area contributed by atoms with Crippen molar-refractivity contribution >= 4 is 35.2 Å². The molecular formula is C20H23ClF3N3O7. The number of rotatable bonds is 7. The summed E-state index contributed by atoms with van der Waals surface area (Å²) < 4.78 is 61.5. The molecule has 4 N–H and O–H groups in total. The molecular weight excluding hydrogens is 487 g/mol. The maximum Gasteiger partial charge on any atom is 0.303 e. The molecule has 34 heavy (non-hydrogen) atoms. The first-order valence-corrected chi connectivity index (χ1v) is 10.2. The summed E-state index contributed by atoms with van der Waals surface area (Å²) in [6.45, 7) is 2.91. The van der Waals surface area contributed by atoms with Crippen molar-refractivity contribution in [3.8, 4) is 0 Å². The highest BCUT2D eigenvalue weighted by atomic mass is 35.5. The quantitative estimate of drug-likeness (QED) is 0.138. The molecule has 0 saturated carbocycles. The molecule has 1 aliphatic rings. The topological polar surface area (TPSA) is 143 Å². The Balaban J connectivity index is 2.50. The van der Waals surface area contributed by atoms with E-state index in [9.17, 15) is 27.6 Å². The van der Waals surface area contributed by atoms with Gasteiger partial charge in [-0.3, -0.25) is 14.4 Å². The van der Waals surface area contributed by atoms with Crippen LogP contribution in [0.25, 0.3) is 5.70 Å². The smallest absolute Gasteiger partial charge is 0.303 e. The van der Waals surface area contributed by atoms with Gasteiger partial charge in [-0.15, -0.1) is 0 Å². The average Bonchev–Trinajstić information content (AvgIpc) is 2.71. The minimum absolute atomic E-state index is 0.258. The third kappa shape index (κ3) is 6.74. The molecule has 5 atom stereocenters. The molecule has 1 saturated heterocycles. The van der Waals surface area contributed by atoms with Crippen LogP contribution < -0.4 is 11.6 Å². The van der Waals surface area contributed by atoms with Crippen LogP contribution in [-0.4, -0.2) is 59.4 Å². The largest absolute Gasteiger partial charge is 0.463 e. The molecule has 188 valence electrons. The molecule has 1 heterocycles. The minimum Gasteiger partial charge on any atom is -0.463 e. The van der Waals surface area contributed by atoms with Gasteiger partial charge in [0.2, 0.25) is 0 Å². The Hall–Kier alpha value is -3.03. The summed E-state index contributed by atoms with van der Waals surface area (Å²) in [6, 6.07) is 0.0183. The molecule has 1 aliphatic heterocycles. The molecule has 0 amide bonds. The SMILES string of the molecule is CC(=O)OCC1OC(Cl)C(OC(C)=O)C(N(N)/C=C(\N)c2cc(F)c(F)c(F)c2)C1OC(C)=O. The van der Waals surface area contributed by atoms with Crippen LogP contribution in [0, 0.1) is 17.5 Å². The van der Waals surface area contributed by atoms with Gasteiger partial charge in [-0.05, 0) is 12.1 Å². The van der Waals surface area contributed by atoms with Gasteiger partial charge in [0.25, 0.3) is 0 Å². The van der Waals surface area contributed by atoms with Gasteiger partial charge in [0.15, 0.2) is 35.2 Å². The Bertz CT molecular complexity index is 958. The Morgan fingerprint density at radius 3 is 2.09 bits per heavy atom. The zero-order valence-electron chi connectivity index (χ0n) is 18.3. The van der Waals surface area contributed by atoms with Crippen LogP contribution in [0.4, 0.5) is 13.2 Å². The summed E-state index contributed by atoms with van der Waals surface area (Å²) in [6.07, 6.45) is -2.81. The van der Waals surface area contributed by atoms with Gasteiger partial charge >= 0.3 is 17.9 Å². The van der Waals surface area contributed by atoms with Crippen molar-refractivity contribution in [2.45, 2.75) is 50.7 Å². The van der Waals surface area contributed by atoms with Crippen LogP contribution in [0.15, 0.2) is 18.3 Å². The van der Waals surface area contributed by atoms with Crippen molar-refractivity contribution in [3.05, 3.63) is 41.3 Å². The van der Waals surface area contributed by atoms with E-state index in [-0.39, 0.29) is 11.3 Å². The maximum atomic E-state index is 13.6. The number of carbonyl (C=O) groups excluding carboxylic acids is 3. The standard InChI is InChI=1S/C20H23ClF3N3O7/c1-8(28)31-7-15-18(32-9(2)29)17(19(20(21)34-15)33-10(3)30)27(26)6-14(25)11-4-12(22)16(24)13(23)5-11/h4-6,15,17-20H,7,25-26H2,1-3H3/b14-6-. The van der Waals surface area contributed by atoms with Gasteiger partial charge in [0.05, 0.1) is 5.70 Å². The van der Waals surface area contributed by atoms with Gasteiger partial charge in [-0.25, -0.2) is 19.0 Å². The molecule has 1 fully saturated rings.